The zero-order valence-corrected chi connectivity index (χ0v) is 24.4. The second kappa shape index (κ2) is 11.2. The molecule has 206 valence electrons. The lowest BCUT2D eigenvalue weighted by atomic mass is 9.97. The largest absolute Gasteiger partial charge is 0.463 e. The highest BCUT2D eigenvalue weighted by molar-refractivity contribution is 7.10. The summed E-state index contributed by atoms with van der Waals surface area (Å²) >= 11 is 2.86. The molecule has 0 amide bonds. The molecule has 2 aliphatic heterocycles. The van der Waals surface area contributed by atoms with Crippen LogP contribution in [0.2, 0.25) is 0 Å². The molecule has 1 aromatic carbocycles. The Bertz CT molecular complexity index is 1750. The van der Waals surface area contributed by atoms with Crippen LogP contribution in [0, 0.1) is 13.8 Å². The standard InChI is InChI=1S/C31H31N3O4S2/c1-4-37-30(36)26-27(21-10-6-5-7-11-21)32-31-34(28(26)24-13-9-15-39-24)29(35)25(40-31)17-22-16-19(2)33(20(22)3)18-23-12-8-14-38-23/h5-7,9-11,13,15-17,23,28H,4,8,12,14,18H2,1-3H3/b25-17-/t23-,28+/m0/s1. The molecule has 5 heterocycles. The van der Waals surface area contributed by atoms with E-state index >= 15 is 0 Å². The highest BCUT2D eigenvalue weighted by atomic mass is 32.1. The van der Waals surface area contributed by atoms with Gasteiger partial charge in [-0.1, -0.05) is 47.7 Å². The molecule has 0 aliphatic carbocycles. The average Bonchev–Trinajstić information content (AvgIpc) is 3.76. The Morgan fingerprint density at radius 3 is 2.73 bits per heavy atom. The van der Waals surface area contributed by atoms with Crippen molar-refractivity contribution in [2.45, 2.75) is 52.3 Å². The van der Waals surface area contributed by atoms with Gasteiger partial charge < -0.3 is 14.0 Å². The number of aromatic nitrogens is 2. The Morgan fingerprint density at radius 2 is 2.02 bits per heavy atom. The number of nitrogens with zero attached hydrogens (tertiary/aromatic N) is 3. The zero-order valence-electron chi connectivity index (χ0n) is 22.8. The van der Waals surface area contributed by atoms with Crippen molar-refractivity contribution in [2.24, 2.45) is 4.99 Å². The summed E-state index contributed by atoms with van der Waals surface area (Å²) < 4.78 is 15.9. The lowest BCUT2D eigenvalue weighted by Crippen LogP contribution is -2.39. The lowest BCUT2D eigenvalue weighted by molar-refractivity contribution is -0.138. The number of benzene rings is 1. The van der Waals surface area contributed by atoms with Crippen molar-refractivity contribution >= 4 is 40.4 Å². The Morgan fingerprint density at radius 1 is 1.20 bits per heavy atom. The van der Waals surface area contributed by atoms with Crippen LogP contribution >= 0.6 is 22.7 Å². The summed E-state index contributed by atoms with van der Waals surface area (Å²) in [5, 5.41) is 1.96. The van der Waals surface area contributed by atoms with E-state index in [0.717, 1.165) is 53.4 Å². The van der Waals surface area contributed by atoms with Gasteiger partial charge in [0.1, 0.15) is 6.04 Å². The molecule has 1 fully saturated rings. The number of carbonyl (C=O) groups is 1. The predicted octanol–water partition coefficient (Wildman–Crippen LogP) is 4.59. The van der Waals surface area contributed by atoms with Crippen LogP contribution in [-0.2, 0) is 20.8 Å². The minimum Gasteiger partial charge on any atom is -0.463 e. The summed E-state index contributed by atoms with van der Waals surface area (Å²) in [4.78, 5) is 33.9. The van der Waals surface area contributed by atoms with Gasteiger partial charge in [0.15, 0.2) is 4.80 Å². The molecule has 9 heteroatoms. The number of thiazole rings is 1. The van der Waals surface area contributed by atoms with Crippen molar-refractivity contribution in [3.05, 3.63) is 107 Å². The Kier molecular flexibility index (Phi) is 7.44. The minimum atomic E-state index is -0.625. The number of ether oxygens (including phenoxy) is 2. The third-order valence-corrected chi connectivity index (χ3v) is 9.40. The van der Waals surface area contributed by atoms with Gasteiger partial charge in [0.05, 0.1) is 28.5 Å². The molecule has 40 heavy (non-hydrogen) atoms. The fourth-order valence-corrected chi connectivity index (χ4v) is 7.36. The number of carbonyl (C=O) groups excluding carboxylic acids is 1. The summed E-state index contributed by atoms with van der Waals surface area (Å²) in [7, 11) is 0. The molecule has 3 aromatic heterocycles. The van der Waals surface area contributed by atoms with Crippen molar-refractivity contribution in [2.75, 3.05) is 13.2 Å². The van der Waals surface area contributed by atoms with Crippen LogP contribution in [0.25, 0.3) is 11.8 Å². The molecule has 0 bridgehead atoms. The quantitative estimate of drug-likeness (QED) is 0.303. The second-order valence-corrected chi connectivity index (χ2v) is 12.0. The Labute approximate surface area is 240 Å². The maximum Gasteiger partial charge on any atom is 0.338 e. The number of aryl methyl sites for hydroxylation is 1. The van der Waals surface area contributed by atoms with Crippen molar-refractivity contribution in [3.8, 4) is 0 Å². The number of esters is 1. The van der Waals surface area contributed by atoms with Crippen molar-refractivity contribution in [1.29, 1.82) is 0 Å². The number of hydrogen-bond acceptors (Lipinski definition) is 7. The van der Waals surface area contributed by atoms with E-state index in [9.17, 15) is 9.59 Å². The van der Waals surface area contributed by atoms with E-state index in [4.69, 9.17) is 14.5 Å². The first-order valence-corrected chi connectivity index (χ1v) is 15.3. The zero-order chi connectivity index (χ0) is 27.8. The van der Waals surface area contributed by atoms with E-state index in [-0.39, 0.29) is 18.3 Å². The van der Waals surface area contributed by atoms with E-state index in [1.165, 1.54) is 22.7 Å². The Balaban J connectivity index is 1.53. The van der Waals surface area contributed by atoms with Gasteiger partial charge in [0, 0.05) is 35.0 Å². The summed E-state index contributed by atoms with van der Waals surface area (Å²) in [6.45, 7) is 7.83. The summed E-state index contributed by atoms with van der Waals surface area (Å²) in [6, 6.07) is 15.0. The number of rotatable bonds is 7. The van der Waals surface area contributed by atoms with Gasteiger partial charge in [0.25, 0.3) is 5.56 Å². The van der Waals surface area contributed by atoms with Crippen LogP contribution in [-0.4, -0.2) is 34.4 Å². The first-order valence-electron chi connectivity index (χ1n) is 13.6. The van der Waals surface area contributed by atoms with Gasteiger partial charge in [-0.15, -0.1) is 11.3 Å². The molecule has 7 nitrogen and oxygen atoms in total. The SMILES string of the molecule is CCOC(=O)C1=C(c2ccccc2)N=c2s/c(=C\c3cc(C)n(C[C@@H]4CCCO4)c3C)c(=O)n2[C@@H]1c1cccs1. The third-order valence-electron chi connectivity index (χ3n) is 7.50. The summed E-state index contributed by atoms with van der Waals surface area (Å²) in [5.41, 5.74) is 4.80. The molecule has 0 spiro atoms. The predicted molar refractivity (Wildman–Crippen MR) is 158 cm³/mol. The van der Waals surface area contributed by atoms with Crippen LogP contribution < -0.4 is 14.9 Å². The van der Waals surface area contributed by atoms with Crippen molar-refractivity contribution in [1.82, 2.24) is 9.13 Å². The molecule has 4 aromatic rings. The first-order chi connectivity index (χ1) is 19.5. The lowest BCUT2D eigenvalue weighted by Gasteiger charge is -2.24. The van der Waals surface area contributed by atoms with Gasteiger partial charge in [-0.25, -0.2) is 9.79 Å². The molecular formula is C31H31N3O4S2. The number of thiophene rings is 1. The first kappa shape index (κ1) is 26.7. The molecule has 0 unspecified atom stereocenters. The van der Waals surface area contributed by atoms with Crippen molar-refractivity contribution < 1.29 is 14.3 Å². The van der Waals surface area contributed by atoms with E-state index in [2.05, 4.69) is 24.5 Å². The van der Waals surface area contributed by atoms with Crippen LogP contribution in [0.5, 0.6) is 0 Å². The average molecular weight is 574 g/mol. The Hall–Kier alpha value is -3.53. The van der Waals surface area contributed by atoms with E-state index in [0.29, 0.717) is 20.6 Å². The number of hydrogen-bond donors (Lipinski definition) is 0. The molecule has 0 N–H and O–H groups in total. The van der Waals surface area contributed by atoms with Crippen LogP contribution in [0.15, 0.2) is 69.3 Å². The van der Waals surface area contributed by atoms with Gasteiger partial charge in [-0.2, -0.15) is 0 Å². The van der Waals surface area contributed by atoms with Gasteiger partial charge in [0.2, 0.25) is 0 Å². The van der Waals surface area contributed by atoms with E-state index in [1.54, 1.807) is 11.5 Å². The van der Waals surface area contributed by atoms with Gasteiger partial charge >= 0.3 is 5.97 Å². The molecule has 2 aliphatic rings. The van der Waals surface area contributed by atoms with Crippen LogP contribution in [0.4, 0.5) is 0 Å². The fourth-order valence-electron chi connectivity index (χ4n) is 5.54. The fraction of sp³-hybridized carbons (Fsp3) is 0.323. The molecule has 1 saturated heterocycles. The maximum absolute atomic E-state index is 14.1. The van der Waals surface area contributed by atoms with Gasteiger partial charge in [-0.05, 0) is 62.8 Å². The maximum atomic E-state index is 14.1. The summed E-state index contributed by atoms with van der Waals surface area (Å²) in [5.74, 6) is -0.463. The minimum absolute atomic E-state index is 0.167. The van der Waals surface area contributed by atoms with Gasteiger partial charge in [-0.3, -0.25) is 9.36 Å². The molecular weight excluding hydrogens is 542 g/mol. The summed E-state index contributed by atoms with van der Waals surface area (Å²) in [6.07, 6.45) is 4.36. The second-order valence-electron chi connectivity index (χ2n) is 10.0. The number of fused-ring (bicyclic) bond motifs is 1. The molecule has 0 saturated carbocycles. The van der Waals surface area contributed by atoms with E-state index in [1.807, 2.05) is 53.9 Å². The monoisotopic (exact) mass is 573 g/mol. The van der Waals surface area contributed by atoms with Crippen molar-refractivity contribution in [3.63, 3.8) is 0 Å². The highest BCUT2D eigenvalue weighted by Gasteiger charge is 2.35. The smallest absolute Gasteiger partial charge is 0.338 e. The molecule has 6 rings (SSSR count). The van der Waals surface area contributed by atoms with Crippen LogP contribution in [0.3, 0.4) is 0 Å². The third kappa shape index (κ3) is 4.82. The normalized spacial score (nSPS) is 19.1. The molecule has 2 atom stereocenters. The highest BCUT2D eigenvalue weighted by Crippen LogP contribution is 2.36. The topological polar surface area (TPSA) is 74.8 Å². The van der Waals surface area contributed by atoms with Crippen LogP contribution in [0.1, 0.15) is 53.2 Å². The van der Waals surface area contributed by atoms with E-state index < -0.39 is 12.0 Å². The molecule has 0 radical (unpaired) electrons.